The van der Waals surface area contributed by atoms with E-state index in [2.05, 4.69) is 0 Å². The van der Waals surface area contributed by atoms with Crippen LogP contribution in [0.2, 0.25) is 0 Å². The van der Waals surface area contributed by atoms with Crippen molar-refractivity contribution in [1.82, 2.24) is 4.90 Å². The second-order valence-corrected chi connectivity index (χ2v) is 7.01. The van der Waals surface area contributed by atoms with E-state index >= 15 is 0 Å². The van der Waals surface area contributed by atoms with Crippen molar-refractivity contribution in [2.24, 2.45) is 11.3 Å². The number of aliphatic carboxylic acids is 1. The molecular weight excluding hydrogens is 351 g/mol. The molecule has 8 heteroatoms. The van der Waals surface area contributed by atoms with Gasteiger partial charge in [0.2, 0.25) is 5.91 Å². The molecular formula is C18H20F3NO4. The van der Waals surface area contributed by atoms with Gasteiger partial charge in [0.15, 0.2) is 0 Å². The molecule has 2 fully saturated rings. The number of rotatable bonds is 5. The number of nitrogens with zero attached hydrogens (tertiary/aromatic N) is 1. The first-order valence-corrected chi connectivity index (χ1v) is 8.46. The first kappa shape index (κ1) is 18.7. The number of benzene rings is 1. The fraction of sp³-hybridized carbons (Fsp3) is 0.556. The van der Waals surface area contributed by atoms with Crippen molar-refractivity contribution in [2.45, 2.75) is 32.0 Å². The summed E-state index contributed by atoms with van der Waals surface area (Å²) in [5.41, 5.74) is -0.401. The maximum absolute atomic E-state index is 12.8. The quantitative estimate of drug-likeness (QED) is 0.864. The van der Waals surface area contributed by atoms with Crippen molar-refractivity contribution < 1.29 is 32.6 Å². The number of ether oxygens (including phenoxy) is 1. The molecule has 26 heavy (non-hydrogen) atoms. The number of carboxylic acids is 1. The average molecular weight is 371 g/mol. The summed E-state index contributed by atoms with van der Waals surface area (Å²) in [6.07, 6.45) is -2.15. The summed E-state index contributed by atoms with van der Waals surface area (Å²) in [6, 6.07) is 4.44. The standard InChI is InChI=1S/C18H20F3NO4/c19-18(20,21)13-3-1-12(2-4-13)10-22(11-15(23)24)16(25)14-9-17(14)5-7-26-8-6-17/h1-4,14H,5-11H2,(H,23,24)/t14-/m0/s1. The summed E-state index contributed by atoms with van der Waals surface area (Å²) in [5.74, 6) is -1.61. The lowest BCUT2D eigenvalue weighted by atomic mass is 9.93. The third-order valence-electron chi connectivity index (χ3n) is 5.27. The van der Waals surface area contributed by atoms with Crippen LogP contribution in [0.3, 0.4) is 0 Å². The van der Waals surface area contributed by atoms with Crippen LogP contribution in [0.4, 0.5) is 13.2 Å². The van der Waals surface area contributed by atoms with E-state index < -0.39 is 24.3 Å². The Morgan fingerprint density at radius 2 is 1.81 bits per heavy atom. The molecule has 1 aliphatic heterocycles. The van der Waals surface area contributed by atoms with Crippen LogP contribution < -0.4 is 0 Å². The molecule has 1 spiro atoms. The van der Waals surface area contributed by atoms with Gasteiger partial charge < -0.3 is 14.7 Å². The van der Waals surface area contributed by atoms with Crippen molar-refractivity contribution in [3.63, 3.8) is 0 Å². The molecule has 1 aromatic rings. The Hall–Kier alpha value is -2.09. The van der Waals surface area contributed by atoms with Crippen LogP contribution in [0.1, 0.15) is 30.4 Å². The molecule has 0 unspecified atom stereocenters. The van der Waals surface area contributed by atoms with Crippen LogP contribution in [0, 0.1) is 11.3 Å². The number of halogens is 3. The normalized spacial score (nSPS) is 21.4. The van der Waals surface area contributed by atoms with Gasteiger partial charge in [-0.1, -0.05) is 12.1 Å². The second-order valence-electron chi connectivity index (χ2n) is 7.01. The van der Waals surface area contributed by atoms with Gasteiger partial charge in [-0.05, 0) is 42.4 Å². The number of carboxylic acid groups (broad SMARTS) is 1. The summed E-state index contributed by atoms with van der Waals surface area (Å²) in [6.45, 7) is 0.707. The van der Waals surface area contributed by atoms with Crippen LogP contribution in [-0.4, -0.2) is 41.6 Å². The fourth-order valence-electron chi connectivity index (χ4n) is 3.64. The number of hydrogen-bond donors (Lipinski definition) is 1. The lowest BCUT2D eigenvalue weighted by molar-refractivity contribution is -0.146. The third kappa shape index (κ3) is 4.00. The highest BCUT2D eigenvalue weighted by molar-refractivity contribution is 5.86. The smallest absolute Gasteiger partial charge is 0.416 e. The van der Waals surface area contributed by atoms with E-state index in [0.29, 0.717) is 18.8 Å². The zero-order chi connectivity index (χ0) is 18.9. The molecule has 0 bridgehead atoms. The minimum atomic E-state index is -4.43. The van der Waals surface area contributed by atoms with Crippen LogP contribution in [0.15, 0.2) is 24.3 Å². The summed E-state index contributed by atoms with van der Waals surface area (Å²) >= 11 is 0. The zero-order valence-electron chi connectivity index (χ0n) is 14.1. The van der Waals surface area contributed by atoms with Crippen LogP contribution in [0.5, 0.6) is 0 Å². The molecule has 1 aromatic carbocycles. The number of amides is 1. The van der Waals surface area contributed by atoms with Crippen molar-refractivity contribution in [1.29, 1.82) is 0 Å². The molecule has 1 saturated heterocycles. The summed E-state index contributed by atoms with van der Waals surface area (Å²) in [7, 11) is 0. The van der Waals surface area contributed by atoms with E-state index in [1.807, 2.05) is 0 Å². The Morgan fingerprint density at radius 1 is 1.19 bits per heavy atom. The van der Waals surface area contributed by atoms with Crippen molar-refractivity contribution >= 4 is 11.9 Å². The fourth-order valence-corrected chi connectivity index (χ4v) is 3.64. The topological polar surface area (TPSA) is 66.8 Å². The molecule has 3 rings (SSSR count). The van der Waals surface area contributed by atoms with Gasteiger partial charge in [0, 0.05) is 25.7 Å². The first-order chi connectivity index (χ1) is 12.2. The molecule has 142 valence electrons. The average Bonchev–Trinajstić information content (AvgIpc) is 3.26. The van der Waals surface area contributed by atoms with Crippen molar-refractivity contribution in [2.75, 3.05) is 19.8 Å². The number of carbonyl (C=O) groups is 2. The minimum Gasteiger partial charge on any atom is -0.480 e. The van der Waals surface area contributed by atoms with Gasteiger partial charge in [-0.15, -0.1) is 0 Å². The molecule has 0 aromatic heterocycles. The predicted molar refractivity (Wildman–Crippen MR) is 85.1 cm³/mol. The number of hydrogen-bond acceptors (Lipinski definition) is 3. The Bertz CT molecular complexity index is 681. The Kier molecular flexibility index (Phi) is 4.96. The lowest BCUT2D eigenvalue weighted by Crippen LogP contribution is -2.38. The molecule has 1 amide bonds. The van der Waals surface area contributed by atoms with E-state index in [0.717, 1.165) is 31.4 Å². The van der Waals surface area contributed by atoms with E-state index in [9.17, 15) is 22.8 Å². The van der Waals surface area contributed by atoms with E-state index in [1.165, 1.54) is 17.0 Å². The van der Waals surface area contributed by atoms with Gasteiger partial charge in [-0.2, -0.15) is 13.2 Å². The molecule has 1 saturated carbocycles. The van der Waals surface area contributed by atoms with Crippen molar-refractivity contribution in [3.05, 3.63) is 35.4 Å². The SMILES string of the molecule is O=C(O)CN(Cc1ccc(C(F)(F)F)cc1)C(=O)[C@@H]1CC12CCOCC2. The third-order valence-corrected chi connectivity index (χ3v) is 5.27. The van der Waals surface area contributed by atoms with E-state index in [4.69, 9.17) is 9.84 Å². The molecule has 1 N–H and O–H groups in total. The molecule has 1 heterocycles. The highest BCUT2D eigenvalue weighted by Gasteiger charge is 2.59. The molecule has 2 aliphatic rings. The maximum Gasteiger partial charge on any atom is 0.416 e. The molecule has 1 atom stereocenters. The van der Waals surface area contributed by atoms with Gasteiger partial charge in [0.05, 0.1) is 5.56 Å². The van der Waals surface area contributed by atoms with Crippen LogP contribution >= 0.6 is 0 Å². The Morgan fingerprint density at radius 3 is 2.35 bits per heavy atom. The Balaban J connectivity index is 1.70. The number of alkyl halides is 3. The van der Waals surface area contributed by atoms with Crippen LogP contribution in [0.25, 0.3) is 0 Å². The molecule has 0 radical (unpaired) electrons. The summed E-state index contributed by atoms with van der Waals surface area (Å²) in [5, 5.41) is 9.10. The Labute approximate surface area is 148 Å². The second kappa shape index (κ2) is 6.90. The summed E-state index contributed by atoms with van der Waals surface area (Å²) < 4.78 is 43.3. The zero-order valence-corrected chi connectivity index (χ0v) is 14.1. The minimum absolute atomic E-state index is 0.0215. The first-order valence-electron chi connectivity index (χ1n) is 8.46. The molecule has 1 aliphatic carbocycles. The highest BCUT2D eigenvalue weighted by atomic mass is 19.4. The monoisotopic (exact) mass is 371 g/mol. The van der Waals surface area contributed by atoms with E-state index in [1.54, 1.807) is 0 Å². The maximum atomic E-state index is 12.8. The van der Waals surface area contributed by atoms with Crippen LogP contribution in [-0.2, 0) is 27.0 Å². The van der Waals surface area contributed by atoms with E-state index in [-0.39, 0.29) is 23.8 Å². The molecule has 5 nitrogen and oxygen atoms in total. The summed E-state index contributed by atoms with van der Waals surface area (Å²) in [4.78, 5) is 25.1. The van der Waals surface area contributed by atoms with Crippen molar-refractivity contribution in [3.8, 4) is 0 Å². The predicted octanol–water partition coefficient (Wildman–Crippen LogP) is 2.94. The largest absolute Gasteiger partial charge is 0.480 e. The van der Waals surface area contributed by atoms with Gasteiger partial charge >= 0.3 is 12.1 Å². The highest BCUT2D eigenvalue weighted by Crippen LogP contribution is 2.59. The number of carbonyl (C=O) groups excluding carboxylic acids is 1. The van der Waals surface area contributed by atoms with Gasteiger partial charge in [0.25, 0.3) is 0 Å². The van der Waals surface area contributed by atoms with Gasteiger partial charge in [0.1, 0.15) is 6.54 Å². The lowest BCUT2D eigenvalue weighted by Gasteiger charge is -2.26. The van der Waals surface area contributed by atoms with Gasteiger partial charge in [-0.3, -0.25) is 9.59 Å². The van der Waals surface area contributed by atoms with Gasteiger partial charge in [-0.25, -0.2) is 0 Å².